The van der Waals surface area contributed by atoms with Gasteiger partial charge in [-0.15, -0.1) is 0 Å². The summed E-state index contributed by atoms with van der Waals surface area (Å²) in [7, 11) is 0. The van der Waals surface area contributed by atoms with Crippen LogP contribution in [-0.4, -0.2) is 0 Å². The van der Waals surface area contributed by atoms with Gasteiger partial charge in [-0.3, -0.25) is 0 Å². The van der Waals surface area contributed by atoms with E-state index < -0.39 is 0 Å². The Morgan fingerprint density at radius 1 is 0.296 bits per heavy atom. The maximum absolute atomic E-state index is 6.52. The molecule has 0 aliphatic rings. The van der Waals surface area contributed by atoms with Gasteiger partial charge >= 0.3 is 0 Å². The van der Waals surface area contributed by atoms with Gasteiger partial charge < -0.3 is 9.32 Å². The van der Waals surface area contributed by atoms with Crippen LogP contribution in [0.25, 0.3) is 77.2 Å². The summed E-state index contributed by atoms with van der Waals surface area (Å²) < 4.78 is 6.52. The van der Waals surface area contributed by atoms with Crippen molar-refractivity contribution in [2.75, 3.05) is 4.90 Å². The van der Waals surface area contributed by atoms with Crippen molar-refractivity contribution in [2.24, 2.45) is 0 Å². The monoisotopic (exact) mass is 689 g/mol. The predicted octanol–water partition coefficient (Wildman–Crippen LogP) is 14.9. The largest absolute Gasteiger partial charge is 0.455 e. The van der Waals surface area contributed by atoms with E-state index in [4.69, 9.17) is 4.42 Å². The highest BCUT2D eigenvalue weighted by Crippen LogP contribution is 2.42. The van der Waals surface area contributed by atoms with Crippen LogP contribution in [-0.2, 0) is 0 Å². The molecular formula is C52H35NO. The standard InChI is InChI=1S/C52H35NO/c1-2-13-41(14-3-1)51-49-19-8-9-20-50(49)54-52(51)45-18-10-17-42(33-45)40-23-21-38(22-24-40)39-25-29-46(30-26-39)53(47-31-27-36-11-4-6-15-43(36)34-47)48-32-28-37-12-5-7-16-44(37)35-48/h1-35H. The topological polar surface area (TPSA) is 16.4 Å². The number of rotatable bonds is 7. The molecular weight excluding hydrogens is 655 g/mol. The van der Waals surface area contributed by atoms with Gasteiger partial charge in [-0.1, -0.05) is 164 Å². The first-order chi connectivity index (χ1) is 26.7. The highest BCUT2D eigenvalue weighted by atomic mass is 16.3. The predicted molar refractivity (Wildman–Crippen MR) is 228 cm³/mol. The van der Waals surface area contributed by atoms with Crippen molar-refractivity contribution in [3.05, 3.63) is 212 Å². The lowest BCUT2D eigenvalue weighted by molar-refractivity contribution is 0.632. The third-order valence-corrected chi connectivity index (χ3v) is 10.4. The molecule has 254 valence electrons. The summed E-state index contributed by atoms with van der Waals surface area (Å²) in [6.45, 7) is 0. The normalized spacial score (nSPS) is 11.3. The first kappa shape index (κ1) is 31.6. The van der Waals surface area contributed by atoms with Crippen molar-refractivity contribution in [1.82, 2.24) is 0 Å². The lowest BCUT2D eigenvalue weighted by Crippen LogP contribution is -2.09. The number of hydrogen-bond acceptors (Lipinski definition) is 2. The second-order valence-electron chi connectivity index (χ2n) is 13.8. The van der Waals surface area contributed by atoms with Gasteiger partial charge in [-0.25, -0.2) is 0 Å². The molecule has 0 N–H and O–H groups in total. The van der Waals surface area contributed by atoms with Crippen LogP contribution in [0, 0.1) is 0 Å². The van der Waals surface area contributed by atoms with E-state index in [9.17, 15) is 0 Å². The van der Waals surface area contributed by atoms with Crippen molar-refractivity contribution in [3.63, 3.8) is 0 Å². The molecule has 0 saturated carbocycles. The van der Waals surface area contributed by atoms with Crippen molar-refractivity contribution >= 4 is 49.6 Å². The Balaban J connectivity index is 0.972. The molecule has 0 atom stereocenters. The van der Waals surface area contributed by atoms with Crippen LogP contribution in [0.4, 0.5) is 17.1 Å². The Kier molecular flexibility index (Phi) is 7.85. The molecule has 10 aromatic rings. The molecule has 9 aromatic carbocycles. The van der Waals surface area contributed by atoms with E-state index in [-0.39, 0.29) is 0 Å². The first-order valence-electron chi connectivity index (χ1n) is 18.4. The maximum Gasteiger partial charge on any atom is 0.143 e. The molecule has 2 heteroatoms. The molecule has 0 bridgehead atoms. The van der Waals surface area contributed by atoms with Crippen molar-refractivity contribution in [2.45, 2.75) is 0 Å². The molecule has 54 heavy (non-hydrogen) atoms. The Morgan fingerprint density at radius 3 is 1.43 bits per heavy atom. The molecule has 0 unspecified atom stereocenters. The number of anilines is 3. The Hall–Kier alpha value is -7.16. The van der Waals surface area contributed by atoms with Gasteiger partial charge in [0.2, 0.25) is 0 Å². The quantitative estimate of drug-likeness (QED) is 0.166. The summed E-state index contributed by atoms with van der Waals surface area (Å²) in [5.41, 5.74) is 12.2. The second-order valence-corrected chi connectivity index (χ2v) is 13.8. The van der Waals surface area contributed by atoms with Gasteiger partial charge in [0.05, 0.1) is 0 Å². The van der Waals surface area contributed by atoms with Gasteiger partial charge in [0.25, 0.3) is 0 Å². The first-order valence-corrected chi connectivity index (χ1v) is 18.4. The summed E-state index contributed by atoms with van der Waals surface area (Å²) in [5.74, 6) is 0.891. The number of para-hydroxylation sites is 1. The van der Waals surface area contributed by atoms with Crippen molar-refractivity contribution in [1.29, 1.82) is 0 Å². The number of furan rings is 1. The minimum atomic E-state index is 0.891. The summed E-state index contributed by atoms with van der Waals surface area (Å²) in [6.07, 6.45) is 0. The fourth-order valence-corrected chi connectivity index (χ4v) is 7.72. The molecule has 1 aromatic heterocycles. The summed E-state index contributed by atoms with van der Waals surface area (Å²) in [5, 5.41) is 6.03. The highest BCUT2D eigenvalue weighted by Gasteiger charge is 2.18. The molecule has 0 radical (unpaired) electrons. The SMILES string of the molecule is c1ccc(-c2c(-c3cccc(-c4ccc(-c5ccc(N(c6ccc7ccccc7c6)c6ccc7ccccc7c6)cc5)cc4)c3)oc3ccccc23)cc1. The molecule has 0 aliphatic carbocycles. The highest BCUT2D eigenvalue weighted by molar-refractivity contribution is 6.02. The van der Waals surface area contributed by atoms with E-state index in [2.05, 4.69) is 205 Å². The lowest BCUT2D eigenvalue weighted by atomic mass is 9.95. The molecule has 0 amide bonds. The van der Waals surface area contributed by atoms with Gasteiger partial charge in [-0.2, -0.15) is 0 Å². The number of hydrogen-bond donors (Lipinski definition) is 0. The van der Waals surface area contributed by atoms with E-state index in [1.807, 2.05) is 12.1 Å². The van der Waals surface area contributed by atoms with E-state index in [0.717, 1.165) is 61.6 Å². The number of fused-ring (bicyclic) bond motifs is 3. The summed E-state index contributed by atoms with van der Waals surface area (Å²) in [4.78, 5) is 2.35. The van der Waals surface area contributed by atoms with Gasteiger partial charge in [0, 0.05) is 33.6 Å². The Morgan fingerprint density at radius 2 is 0.778 bits per heavy atom. The molecule has 2 nitrogen and oxygen atoms in total. The zero-order valence-electron chi connectivity index (χ0n) is 29.6. The fraction of sp³-hybridized carbons (Fsp3) is 0. The average Bonchev–Trinajstić information content (AvgIpc) is 3.64. The van der Waals surface area contributed by atoms with Crippen LogP contribution in [0.5, 0.6) is 0 Å². The molecule has 0 spiro atoms. The van der Waals surface area contributed by atoms with E-state index in [1.165, 1.54) is 32.7 Å². The minimum absolute atomic E-state index is 0.891. The average molecular weight is 690 g/mol. The Bertz CT molecular complexity index is 2840. The minimum Gasteiger partial charge on any atom is -0.455 e. The van der Waals surface area contributed by atoms with Crippen LogP contribution in [0.15, 0.2) is 217 Å². The van der Waals surface area contributed by atoms with Crippen LogP contribution in [0.3, 0.4) is 0 Å². The number of nitrogens with zero attached hydrogens (tertiary/aromatic N) is 1. The van der Waals surface area contributed by atoms with Crippen LogP contribution in [0.2, 0.25) is 0 Å². The molecule has 10 rings (SSSR count). The van der Waals surface area contributed by atoms with Gasteiger partial charge in [0.15, 0.2) is 0 Å². The van der Waals surface area contributed by atoms with Gasteiger partial charge in [0.1, 0.15) is 11.3 Å². The Labute approximate surface area is 314 Å². The maximum atomic E-state index is 6.52. The molecule has 1 heterocycles. The van der Waals surface area contributed by atoms with E-state index in [0.29, 0.717) is 0 Å². The van der Waals surface area contributed by atoms with Gasteiger partial charge in [-0.05, 0) is 97.9 Å². The molecule has 0 aliphatic heterocycles. The van der Waals surface area contributed by atoms with Crippen LogP contribution >= 0.6 is 0 Å². The molecule has 0 saturated heterocycles. The number of benzene rings is 9. The summed E-state index contributed by atoms with van der Waals surface area (Å²) >= 11 is 0. The van der Waals surface area contributed by atoms with Crippen molar-refractivity contribution in [3.8, 4) is 44.7 Å². The van der Waals surface area contributed by atoms with Crippen molar-refractivity contribution < 1.29 is 4.42 Å². The smallest absolute Gasteiger partial charge is 0.143 e. The summed E-state index contributed by atoms with van der Waals surface area (Å²) in [6, 6.07) is 75.8. The third kappa shape index (κ3) is 5.81. The van der Waals surface area contributed by atoms with E-state index in [1.54, 1.807) is 0 Å². The lowest BCUT2D eigenvalue weighted by Gasteiger charge is -2.26. The molecule has 0 fully saturated rings. The third-order valence-electron chi connectivity index (χ3n) is 10.4. The van der Waals surface area contributed by atoms with Crippen LogP contribution < -0.4 is 4.90 Å². The van der Waals surface area contributed by atoms with Crippen LogP contribution in [0.1, 0.15) is 0 Å². The zero-order valence-corrected chi connectivity index (χ0v) is 29.6. The fourth-order valence-electron chi connectivity index (χ4n) is 7.72. The second kappa shape index (κ2) is 13.4. The van der Waals surface area contributed by atoms with E-state index >= 15 is 0 Å². The zero-order chi connectivity index (χ0) is 35.8.